The van der Waals surface area contributed by atoms with Crippen molar-refractivity contribution in [1.82, 2.24) is 0 Å². The second-order valence-corrected chi connectivity index (χ2v) is 5.28. The summed E-state index contributed by atoms with van der Waals surface area (Å²) < 4.78 is 0. The van der Waals surface area contributed by atoms with Gasteiger partial charge in [-0.2, -0.15) is 0 Å². The second kappa shape index (κ2) is 10.9. The molecule has 0 heterocycles. The van der Waals surface area contributed by atoms with Crippen molar-refractivity contribution in [2.24, 2.45) is 9.98 Å². The molecule has 0 radical (unpaired) electrons. The largest absolute Gasteiger partial charge is 0.340 e. The quantitative estimate of drug-likeness (QED) is 0.415. The smallest absolute Gasteiger partial charge is 0.133 e. The van der Waals surface area contributed by atoms with Gasteiger partial charge in [0.1, 0.15) is 5.84 Å². The maximum absolute atomic E-state index is 4.50. The second-order valence-electron chi connectivity index (χ2n) is 5.28. The molecule has 0 fully saturated rings. The summed E-state index contributed by atoms with van der Waals surface area (Å²) in [4.78, 5) is 8.59. The maximum Gasteiger partial charge on any atom is 0.133 e. The molecule has 0 aliphatic carbocycles. The zero-order valence-corrected chi connectivity index (χ0v) is 15.2. The number of nitrogens with one attached hydrogen (secondary N) is 1. The van der Waals surface area contributed by atoms with Gasteiger partial charge < -0.3 is 5.32 Å². The molecule has 126 valence electrons. The molecule has 1 rings (SSSR count). The average Bonchev–Trinajstić information content (AvgIpc) is 2.61. The summed E-state index contributed by atoms with van der Waals surface area (Å²) >= 11 is 0. The van der Waals surface area contributed by atoms with E-state index in [4.69, 9.17) is 0 Å². The van der Waals surface area contributed by atoms with E-state index in [1.807, 2.05) is 63.4 Å². The SMILES string of the molecule is C\C=C/N=C(Nc1ccccc1)\C(C)=C\C=C(C)\C(C=NC)=C\C. The van der Waals surface area contributed by atoms with Crippen LogP contribution in [0.25, 0.3) is 0 Å². The molecule has 0 atom stereocenters. The van der Waals surface area contributed by atoms with Gasteiger partial charge >= 0.3 is 0 Å². The van der Waals surface area contributed by atoms with Crippen LogP contribution in [-0.2, 0) is 0 Å². The molecule has 0 spiro atoms. The lowest BCUT2D eigenvalue weighted by Crippen LogP contribution is -2.13. The Hall–Kier alpha value is -2.68. The summed E-state index contributed by atoms with van der Waals surface area (Å²) in [7, 11) is 1.78. The molecule has 0 aromatic heterocycles. The van der Waals surface area contributed by atoms with Crippen LogP contribution in [0, 0.1) is 0 Å². The fourth-order valence-corrected chi connectivity index (χ4v) is 2.01. The monoisotopic (exact) mass is 321 g/mol. The number of anilines is 1. The van der Waals surface area contributed by atoms with E-state index in [2.05, 4.69) is 40.5 Å². The predicted molar refractivity (Wildman–Crippen MR) is 108 cm³/mol. The van der Waals surface area contributed by atoms with Crippen LogP contribution in [0.4, 0.5) is 5.69 Å². The van der Waals surface area contributed by atoms with E-state index in [9.17, 15) is 0 Å². The molecule has 0 aliphatic heterocycles. The van der Waals surface area contributed by atoms with Crippen LogP contribution in [0.2, 0.25) is 0 Å². The van der Waals surface area contributed by atoms with E-state index in [-0.39, 0.29) is 0 Å². The normalized spacial score (nSPS) is 14.7. The zero-order valence-electron chi connectivity index (χ0n) is 15.2. The van der Waals surface area contributed by atoms with Crippen LogP contribution in [0.3, 0.4) is 0 Å². The summed E-state index contributed by atoms with van der Waals surface area (Å²) in [6.07, 6.45) is 11.8. The van der Waals surface area contributed by atoms with Gasteiger partial charge in [-0.15, -0.1) is 0 Å². The van der Waals surface area contributed by atoms with Gasteiger partial charge in [-0.05, 0) is 56.5 Å². The average molecular weight is 321 g/mol. The molecule has 3 heteroatoms. The highest BCUT2D eigenvalue weighted by Crippen LogP contribution is 2.11. The summed E-state index contributed by atoms with van der Waals surface area (Å²) in [6.45, 7) is 8.09. The molecule has 24 heavy (non-hydrogen) atoms. The fraction of sp³-hybridized carbons (Fsp3) is 0.238. The fourth-order valence-electron chi connectivity index (χ4n) is 2.01. The number of nitrogens with zero attached hydrogens (tertiary/aromatic N) is 2. The Balaban J connectivity index is 3.05. The van der Waals surface area contributed by atoms with Crippen LogP contribution in [-0.4, -0.2) is 19.1 Å². The highest BCUT2D eigenvalue weighted by atomic mass is 15.0. The summed E-state index contributed by atoms with van der Waals surface area (Å²) in [5.41, 5.74) is 4.35. The number of benzene rings is 1. The van der Waals surface area contributed by atoms with Crippen LogP contribution in [0.1, 0.15) is 27.7 Å². The molecule has 0 saturated carbocycles. The predicted octanol–water partition coefficient (Wildman–Crippen LogP) is 5.57. The van der Waals surface area contributed by atoms with Crippen molar-refractivity contribution in [1.29, 1.82) is 0 Å². The Morgan fingerprint density at radius 1 is 1.00 bits per heavy atom. The van der Waals surface area contributed by atoms with Gasteiger partial charge in [0.15, 0.2) is 0 Å². The van der Waals surface area contributed by atoms with Gasteiger partial charge in [-0.1, -0.05) is 42.5 Å². The van der Waals surface area contributed by atoms with Crippen molar-refractivity contribution >= 4 is 17.7 Å². The lowest BCUT2D eigenvalue weighted by molar-refractivity contribution is 1.39. The first-order chi connectivity index (χ1) is 11.6. The summed E-state index contributed by atoms with van der Waals surface area (Å²) in [5, 5.41) is 3.37. The van der Waals surface area contributed by atoms with E-state index in [0.29, 0.717) is 0 Å². The molecule has 0 aliphatic rings. The standard InChI is InChI=1S/C21H27N3/c1-6-15-23-21(24-20-11-9-8-10-12-20)18(4)14-13-17(3)19(7-2)16-22-5/h6-16H,1-5H3,(H,23,24)/b15-6-,17-13+,18-14+,19-7+,22-16?. The van der Waals surface area contributed by atoms with Gasteiger partial charge in [0.05, 0.1) is 0 Å². The van der Waals surface area contributed by atoms with Crippen molar-refractivity contribution in [3.05, 3.63) is 77.6 Å². The third-order valence-electron chi connectivity index (χ3n) is 3.38. The van der Waals surface area contributed by atoms with Crippen molar-refractivity contribution in [3.63, 3.8) is 0 Å². The number of para-hydroxylation sites is 1. The Kier molecular flexibility index (Phi) is 8.84. The van der Waals surface area contributed by atoms with Gasteiger partial charge in [-0.3, -0.25) is 4.99 Å². The van der Waals surface area contributed by atoms with Gasteiger partial charge in [0.25, 0.3) is 0 Å². The van der Waals surface area contributed by atoms with Gasteiger partial charge in [0.2, 0.25) is 0 Å². The Labute approximate surface area is 145 Å². The maximum atomic E-state index is 4.50. The lowest BCUT2D eigenvalue weighted by atomic mass is 10.1. The van der Waals surface area contributed by atoms with Crippen LogP contribution in [0.5, 0.6) is 0 Å². The van der Waals surface area contributed by atoms with E-state index in [1.54, 1.807) is 13.2 Å². The Morgan fingerprint density at radius 2 is 1.67 bits per heavy atom. The minimum absolute atomic E-state index is 0.828. The first-order valence-electron chi connectivity index (χ1n) is 8.07. The number of hydrogen-bond acceptors (Lipinski definition) is 2. The molecule has 1 N–H and O–H groups in total. The molecule has 0 saturated heterocycles. The van der Waals surface area contributed by atoms with E-state index in [0.717, 1.165) is 28.2 Å². The number of allylic oxidation sites excluding steroid dienone is 6. The molecule has 1 aromatic rings. The summed E-state index contributed by atoms with van der Waals surface area (Å²) in [6, 6.07) is 10.0. The Bertz CT molecular complexity index is 687. The topological polar surface area (TPSA) is 36.8 Å². The highest BCUT2D eigenvalue weighted by Gasteiger charge is 2.02. The Morgan fingerprint density at radius 3 is 2.25 bits per heavy atom. The van der Waals surface area contributed by atoms with Crippen molar-refractivity contribution in [2.45, 2.75) is 27.7 Å². The van der Waals surface area contributed by atoms with Crippen LogP contribution < -0.4 is 5.32 Å². The number of hydrogen-bond donors (Lipinski definition) is 1. The number of amidine groups is 1. The molecular formula is C21H27N3. The van der Waals surface area contributed by atoms with Gasteiger partial charge in [0, 0.05) is 25.1 Å². The summed E-state index contributed by atoms with van der Waals surface area (Å²) in [5.74, 6) is 0.828. The van der Waals surface area contributed by atoms with Crippen molar-refractivity contribution in [3.8, 4) is 0 Å². The lowest BCUT2D eigenvalue weighted by Gasteiger charge is -2.09. The van der Waals surface area contributed by atoms with E-state index in [1.165, 1.54) is 0 Å². The first kappa shape index (κ1) is 19.4. The third-order valence-corrected chi connectivity index (χ3v) is 3.38. The number of rotatable bonds is 6. The minimum atomic E-state index is 0.828. The zero-order chi connectivity index (χ0) is 17.8. The molecule has 0 amide bonds. The van der Waals surface area contributed by atoms with E-state index < -0.39 is 0 Å². The van der Waals surface area contributed by atoms with Crippen molar-refractivity contribution < 1.29 is 0 Å². The highest BCUT2D eigenvalue weighted by molar-refractivity contribution is 6.08. The first-order valence-corrected chi connectivity index (χ1v) is 8.07. The van der Waals surface area contributed by atoms with Crippen LogP contribution >= 0.6 is 0 Å². The van der Waals surface area contributed by atoms with Crippen LogP contribution in [0.15, 0.2) is 87.5 Å². The van der Waals surface area contributed by atoms with E-state index >= 15 is 0 Å². The minimum Gasteiger partial charge on any atom is -0.340 e. The molecule has 1 aromatic carbocycles. The molecule has 0 unspecified atom stereocenters. The number of aliphatic imine (C=N–C) groups is 2. The third kappa shape index (κ3) is 6.61. The molecule has 3 nitrogen and oxygen atoms in total. The molecule has 0 bridgehead atoms. The molecular weight excluding hydrogens is 294 g/mol. The van der Waals surface area contributed by atoms with Gasteiger partial charge in [-0.25, -0.2) is 4.99 Å². The van der Waals surface area contributed by atoms with Crippen molar-refractivity contribution in [2.75, 3.05) is 12.4 Å².